The van der Waals surface area contributed by atoms with Crippen LogP contribution < -0.4 is 11.3 Å². The third-order valence-corrected chi connectivity index (χ3v) is 5.74. The number of halogens is 1. The monoisotopic (exact) mass is 377 g/mol. The van der Waals surface area contributed by atoms with E-state index in [9.17, 15) is 14.0 Å². The number of aryl methyl sites for hydroxylation is 1. The number of benzene rings is 1. The summed E-state index contributed by atoms with van der Waals surface area (Å²) in [6.45, 7) is 4.19. The molecule has 3 rings (SSSR count). The van der Waals surface area contributed by atoms with Gasteiger partial charge in [0, 0.05) is 17.0 Å². The maximum Gasteiger partial charge on any atom is 0.263 e. The summed E-state index contributed by atoms with van der Waals surface area (Å²) in [6, 6.07) is 6.08. The molecule has 0 aliphatic rings. The molecule has 0 spiro atoms. The van der Waals surface area contributed by atoms with Gasteiger partial charge < -0.3 is 5.73 Å². The van der Waals surface area contributed by atoms with E-state index in [-0.39, 0.29) is 17.1 Å². The Hall–Kier alpha value is -2.19. The van der Waals surface area contributed by atoms with Crippen LogP contribution in [-0.4, -0.2) is 21.2 Å². The van der Waals surface area contributed by atoms with Gasteiger partial charge in [-0.25, -0.2) is 9.37 Å². The van der Waals surface area contributed by atoms with E-state index in [2.05, 4.69) is 4.98 Å². The van der Waals surface area contributed by atoms with Crippen LogP contribution in [0.15, 0.2) is 34.2 Å². The maximum atomic E-state index is 13.2. The van der Waals surface area contributed by atoms with Gasteiger partial charge in [-0.15, -0.1) is 11.3 Å². The van der Waals surface area contributed by atoms with Crippen molar-refractivity contribution in [2.24, 2.45) is 5.73 Å². The van der Waals surface area contributed by atoms with Crippen molar-refractivity contribution < 1.29 is 9.18 Å². The van der Waals surface area contributed by atoms with Gasteiger partial charge in [0.25, 0.3) is 5.56 Å². The lowest BCUT2D eigenvalue weighted by Crippen LogP contribution is -2.23. The first-order valence-corrected chi connectivity index (χ1v) is 9.43. The molecular weight excluding hydrogens is 361 g/mol. The number of thioether (sulfide) groups is 1. The topological polar surface area (TPSA) is 78.0 Å². The Morgan fingerprint density at radius 1 is 1.36 bits per heavy atom. The van der Waals surface area contributed by atoms with Gasteiger partial charge in [0.05, 0.1) is 11.1 Å². The molecule has 0 saturated heterocycles. The van der Waals surface area contributed by atoms with Crippen LogP contribution in [0.4, 0.5) is 4.39 Å². The molecule has 0 aliphatic heterocycles. The van der Waals surface area contributed by atoms with E-state index in [4.69, 9.17) is 5.73 Å². The number of rotatable bonds is 5. The highest BCUT2D eigenvalue weighted by Crippen LogP contribution is 2.36. The summed E-state index contributed by atoms with van der Waals surface area (Å²) in [6.07, 6.45) is 0. The number of nitrogens with zero attached hydrogens (tertiary/aromatic N) is 2. The van der Waals surface area contributed by atoms with Crippen LogP contribution in [0.2, 0.25) is 0 Å². The normalized spacial score (nSPS) is 11.2. The number of thiophene rings is 1. The van der Waals surface area contributed by atoms with Gasteiger partial charge in [-0.3, -0.25) is 14.2 Å². The first kappa shape index (κ1) is 17.6. The first-order valence-electron chi connectivity index (χ1n) is 7.63. The Balaban J connectivity index is 2.24. The van der Waals surface area contributed by atoms with E-state index < -0.39 is 5.91 Å². The highest BCUT2D eigenvalue weighted by molar-refractivity contribution is 7.99. The molecule has 5 nitrogen and oxygen atoms in total. The highest BCUT2D eigenvalue weighted by Gasteiger charge is 2.19. The van der Waals surface area contributed by atoms with Gasteiger partial charge in [0.15, 0.2) is 5.16 Å². The van der Waals surface area contributed by atoms with Crippen LogP contribution in [-0.2, 0) is 11.3 Å². The number of hydrogen-bond acceptors (Lipinski definition) is 5. The van der Waals surface area contributed by atoms with E-state index in [1.54, 1.807) is 12.1 Å². The molecule has 0 aliphatic carbocycles. The van der Waals surface area contributed by atoms with Crippen LogP contribution in [0, 0.1) is 12.7 Å². The second-order valence-corrected chi connectivity index (χ2v) is 7.56. The molecule has 0 bridgehead atoms. The predicted molar refractivity (Wildman–Crippen MR) is 99.6 cm³/mol. The molecule has 0 atom stereocenters. The standard InChI is InChI=1S/C17H16FN3O2S2/c1-3-21-16(23)14-13(10-4-6-11(18)7-5-10)9(2)25-15(14)20-17(21)24-8-12(19)22/h4-7H,3,8H2,1-2H3,(H2,19,22). The number of amides is 1. The molecule has 25 heavy (non-hydrogen) atoms. The lowest BCUT2D eigenvalue weighted by Gasteiger charge is -2.09. The molecule has 0 saturated carbocycles. The van der Waals surface area contributed by atoms with Crippen molar-refractivity contribution in [3.63, 3.8) is 0 Å². The summed E-state index contributed by atoms with van der Waals surface area (Å²) in [5.74, 6) is -0.723. The predicted octanol–water partition coefficient (Wildman–Crippen LogP) is 3.17. The minimum atomic E-state index is -0.462. The van der Waals surface area contributed by atoms with Crippen molar-refractivity contribution in [2.75, 3.05) is 5.75 Å². The van der Waals surface area contributed by atoms with E-state index >= 15 is 0 Å². The van der Waals surface area contributed by atoms with E-state index in [1.165, 1.54) is 28.0 Å². The Bertz CT molecular complexity index is 1010. The largest absolute Gasteiger partial charge is 0.369 e. The van der Waals surface area contributed by atoms with Crippen LogP contribution in [0.3, 0.4) is 0 Å². The summed E-state index contributed by atoms with van der Waals surface area (Å²) in [4.78, 5) is 30.2. The van der Waals surface area contributed by atoms with Gasteiger partial charge >= 0.3 is 0 Å². The number of fused-ring (bicyclic) bond motifs is 1. The quantitative estimate of drug-likeness (QED) is 0.547. The zero-order valence-corrected chi connectivity index (χ0v) is 15.3. The third kappa shape index (κ3) is 3.32. The summed E-state index contributed by atoms with van der Waals surface area (Å²) >= 11 is 2.57. The van der Waals surface area contributed by atoms with Gasteiger partial charge in [0.2, 0.25) is 5.91 Å². The minimum absolute atomic E-state index is 0.0626. The Kier molecular flexibility index (Phi) is 4.91. The van der Waals surface area contributed by atoms with Crippen molar-refractivity contribution in [3.8, 4) is 11.1 Å². The number of primary amides is 1. The number of hydrogen-bond donors (Lipinski definition) is 1. The average molecular weight is 377 g/mol. The highest BCUT2D eigenvalue weighted by atomic mass is 32.2. The van der Waals surface area contributed by atoms with Crippen molar-refractivity contribution >= 4 is 39.2 Å². The molecule has 8 heteroatoms. The SMILES string of the molecule is CCn1c(SCC(N)=O)nc2sc(C)c(-c3ccc(F)cc3)c2c1=O. The van der Waals surface area contributed by atoms with Crippen molar-refractivity contribution in [2.45, 2.75) is 25.5 Å². The molecule has 1 aromatic carbocycles. The van der Waals surface area contributed by atoms with Crippen LogP contribution >= 0.6 is 23.1 Å². The molecule has 0 radical (unpaired) electrons. The summed E-state index contributed by atoms with van der Waals surface area (Å²) in [7, 11) is 0. The molecule has 2 heterocycles. The van der Waals surface area contributed by atoms with Crippen LogP contribution in [0.5, 0.6) is 0 Å². The first-order chi connectivity index (χ1) is 11.9. The maximum absolute atomic E-state index is 13.2. The molecule has 2 aromatic heterocycles. The van der Waals surface area contributed by atoms with Gasteiger partial charge in [-0.1, -0.05) is 23.9 Å². The van der Waals surface area contributed by atoms with E-state index in [1.807, 2.05) is 13.8 Å². The van der Waals surface area contributed by atoms with Gasteiger partial charge in [0.1, 0.15) is 10.6 Å². The van der Waals surface area contributed by atoms with Crippen LogP contribution in [0.1, 0.15) is 11.8 Å². The number of carbonyl (C=O) groups is 1. The van der Waals surface area contributed by atoms with Crippen molar-refractivity contribution in [1.29, 1.82) is 0 Å². The Labute approximate surface area is 151 Å². The van der Waals surface area contributed by atoms with E-state index in [0.717, 1.165) is 27.8 Å². The van der Waals surface area contributed by atoms with E-state index in [0.29, 0.717) is 21.9 Å². The van der Waals surface area contributed by atoms with Crippen molar-refractivity contribution in [3.05, 3.63) is 45.3 Å². The number of aromatic nitrogens is 2. The smallest absolute Gasteiger partial charge is 0.263 e. The molecular formula is C17H16FN3O2S2. The lowest BCUT2D eigenvalue weighted by atomic mass is 10.0. The minimum Gasteiger partial charge on any atom is -0.369 e. The fourth-order valence-electron chi connectivity index (χ4n) is 2.67. The number of nitrogens with two attached hydrogens (primary N) is 1. The van der Waals surface area contributed by atoms with Gasteiger partial charge in [-0.2, -0.15) is 0 Å². The third-order valence-electron chi connectivity index (χ3n) is 3.75. The lowest BCUT2D eigenvalue weighted by molar-refractivity contribution is -0.115. The zero-order valence-electron chi connectivity index (χ0n) is 13.7. The summed E-state index contributed by atoms with van der Waals surface area (Å²) in [5.41, 5.74) is 6.60. The second-order valence-electron chi connectivity index (χ2n) is 5.42. The zero-order chi connectivity index (χ0) is 18.1. The molecule has 130 valence electrons. The summed E-state index contributed by atoms with van der Waals surface area (Å²) in [5, 5.41) is 1.00. The van der Waals surface area contributed by atoms with Crippen LogP contribution in [0.25, 0.3) is 21.3 Å². The number of carbonyl (C=O) groups excluding carboxylic acids is 1. The molecule has 2 N–H and O–H groups in total. The van der Waals surface area contributed by atoms with Crippen molar-refractivity contribution in [1.82, 2.24) is 9.55 Å². The molecule has 0 unspecified atom stereocenters. The fourth-order valence-corrected chi connectivity index (χ4v) is 4.55. The second kappa shape index (κ2) is 6.97. The molecule has 3 aromatic rings. The Morgan fingerprint density at radius 2 is 2.04 bits per heavy atom. The van der Waals surface area contributed by atoms with Gasteiger partial charge in [-0.05, 0) is 31.5 Å². The fraction of sp³-hybridized carbons (Fsp3) is 0.235. The summed E-state index contributed by atoms with van der Waals surface area (Å²) < 4.78 is 14.8. The molecule has 1 amide bonds. The molecule has 0 fully saturated rings. The average Bonchev–Trinajstić information content (AvgIpc) is 2.90. The Morgan fingerprint density at radius 3 is 2.64 bits per heavy atom.